The maximum atomic E-state index is 12.3. The smallest absolute Gasteiger partial charge is 0.220 e. The molecule has 6 heteroatoms. The van der Waals surface area contributed by atoms with Gasteiger partial charge in [-0.15, -0.1) is 0 Å². The lowest BCUT2D eigenvalue weighted by atomic mass is 9.99. The van der Waals surface area contributed by atoms with Crippen molar-refractivity contribution in [3.63, 3.8) is 0 Å². The standard InChI is InChI=1S/C23H30N4O2/c1-14-8-7-9-15(2)22(14)29-13-12-24-20(28)11-10-19-16(3)21-18(5)26-27(6)23(21)25-17(19)4/h7-9H,10-13H2,1-6H3,(H,24,28). The Morgan fingerprint density at radius 2 is 1.79 bits per heavy atom. The van der Waals surface area contributed by atoms with Crippen LogP contribution >= 0.6 is 0 Å². The summed E-state index contributed by atoms with van der Waals surface area (Å²) in [6.07, 6.45) is 1.09. The number of carbonyl (C=O) groups is 1. The van der Waals surface area contributed by atoms with E-state index < -0.39 is 0 Å². The predicted octanol–water partition coefficient (Wildman–Crippen LogP) is 3.64. The molecule has 6 nitrogen and oxygen atoms in total. The van der Waals surface area contributed by atoms with Crippen LogP contribution in [0.3, 0.4) is 0 Å². The number of rotatable bonds is 7. The molecule has 0 saturated carbocycles. The van der Waals surface area contributed by atoms with Crippen molar-refractivity contribution in [1.29, 1.82) is 0 Å². The van der Waals surface area contributed by atoms with Gasteiger partial charge in [0.25, 0.3) is 0 Å². The number of aryl methyl sites for hydroxylation is 6. The quantitative estimate of drug-likeness (QED) is 0.621. The highest BCUT2D eigenvalue weighted by atomic mass is 16.5. The van der Waals surface area contributed by atoms with E-state index in [0.717, 1.165) is 44.9 Å². The van der Waals surface area contributed by atoms with Gasteiger partial charge in [0.05, 0.1) is 12.2 Å². The molecule has 0 bridgehead atoms. The summed E-state index contributed by atoms with van der Waals surface area (Å²) in [4.78, 5) is 17.0. The van der Waals surface area contributed by atoms with Crippen LogP contribution in [-0.4, -0.2) is 33.8 Å². The number of carbonyl (C=O) groups excluding carboxylic acids is 1. The Labute approximate surface area is 172 Å². The molecule has 0 spiro atoms. The fourth-order valence-corrected chi connectivity index (χ4v) is 3.93. The number of ether oxygens (including phenoxy) is 1. The van der Waals surface area contributed by atoms with Crippen molar-refractivity contribution in [3.8, 4) is 5.75 Å². The minimum Gasteiger partial charge on any atom is -0.491 e. The van der Waals surface area contributed by atoms with Gasteiger partial charge in [0.15, 0.2) is 5.65 Å². The Bertz CT molecular complexity index is 1030. The zero-order valence-electron chi connectivity index (χ0n) is 18.2. The van der Waals surface area contributed by atoms with Crippen molar-refractivity contribution >= 4 is 16.9 Å². The third-order valence-corrected chi connectivity index (χ3v) is 5.41. The van der Waals surface area contributed by atoms with Crippen LogP contribution in [-0.2, 0) is 18.3 Å². The monoisotopic (exact) mass is 394 g/mol. The molecular weight excluding hydrogens is 364 g/mol. The minimum absolute atomic E-state index is 0.0249. The van der Waals surface area contributed by atoms with Gasteiger partial charge < -0.3 is 10.1 Å². The molecule has 1 aromatic carbocycles. The molecule has 1 N–H and O–H groups in total. The summed E-state index contributed by atoms with van der Waals surface area (Å²) in [6.45, 7) is 11.1. The van der Waals surface area contributed by atoms with Gasteiger partial charge in [-0.2, -0.15) is 5.10 Å². The van der Waals surface area contributed by atoms with Gasteiger partial charge in [-0.25, -0.2) is 4.98 Å². The topological polar surface area (TPSA) is 69.0 Å². The predicted molar refractivity (Wildman–Crippen MR) is 115 cm³/mol. The molecule has 2 aromatic heterocycles. The van der Waals surface area contributed by atoms with Crippen LogP contribution in [0.4, 0.5) is 0 Å². The number of nitrogens with zero attached hydrogens (tertiary/aromatic N) is 3. The van der Waals surface area contributed by atoms with Gasteiger partial charge in [0.2, 0.25) is 5.91 Å². The van der Waals surface area contributed by atoms with Gasteiger partial charge in [0.1, 0.15) is 12.4 Å². The normalized spacial score (nSPS) is 11.1. The molecule has 0 aliphatic rings. The maximum Gasteiger partial charge on any atom is 0.220 e. The SMILES string of the molecule is Cc1cccc(C)c1OCCNC(=O)CCc1c(C)nc2c(c(C)nn2C)c1C. The number of benzene rings is 1. The van der Waals surface area contributed by atoms with E-state index in [2.05, 4.69) is 17.3 Å². The zero-order valence-corrected chi connectivity index (χ0v) is 18.2. The van der Waals surface area contributed by atoms with Crippen LogP contribution in [0.25, 0.3) is 11.0 Å². The van der Waals surface area contributed by atoms with Crippen LogP contribution in [0.15, 0.2) is 18.2 Å². The minimum atomic E-state index is 0.0249. The second-order valence-electron chi connectivity index (χ2n) is 7.63. The molecule has 29 heavy (non-hydrogen) atoms. The van der Waals surface area contributed by atoms with Crippen molar-refractivity contribution in [2.45, 2.75) is 47.5 Å². The van der Waals surface area contributed by atoms with Crippen molar-refractivity contribution < 1.29 is 9.53 Å². The summed E-state index contributed by atoms with van der Waals surface area (Å²) in [5.74, 6) is 0.927. The molecule has 1 amide bonds. The van der Waals surface area contributed by atoms with E-state index in [1.807, 2.05) is 57.6 Å². The number of para-hydroxylation sites is 1. The molecule has 0 radical (unpaired) electrons. The van der Waals surface area contributed by atoms with Gasteiger partial charge >= 0.3 is 0 Å². The Morgan fingerprint density at radius 1 is 1.10 bits per heavy atom. The second-order valence-corrected chi connectivity index (χ2v) is 7.63. The van der Waals surface area contributed by atoms with E-state index in [0.29, 0.717) is 26.0 Å². The van der Waals surface area contributed by atoms with Crippen LogP contribution in [0.1, 0.15) is 40.1 Å². The fourth-order valence-electron chi connectivity index (χ4n) is 3.93. The van der Waals surface area contributed by atoms with E-state index in [1.54, 1.807) is 0 Å². The Morgan fingerprint density at radius 3 is 2.48 bits per heavy atom. The summed E-state index contributed by atoms with van der Waals surface area (Å²) < 4.78 is 7.67. The first-order chi connectivity index (χ1) is 13.8. The van der Waals surface area contributed by atoms with Crippen LogP contribution in [0, 0.1) is 34.6 Å². The number of amides is 1. The van der Waals surface area contributed by atoms with Crippen LogP contribution < -0.4 is 10.1 Å². The molecule has 2 heterocycles. The van der Waals surface area contributed by atoms with E-state index in [4.69, 9.17) is 9.72 Å². The van der Waals surface area contributed by atoms with Gasteiger partial charge in [-0.1, -0.05) is 18.2 Å². The largest absolute Gasteiger partial charge is 0.491 e. The molecule has 3 rings (SSSR count). The number of fused-ring (bicyclic) bond motifs is 1. The molecule has 0 aliphatic carbocycles. The highest BCUT2D eigenvalue weighted by molar-refractivity contribution is 5.84. The van der Waals surface area contributed by atoms with E-state index >= 15 is 0 Å². The average Bonchev–Trinajstić information content (AvgIpc) is 2.94. The van der Waals surface area contributed by atoms with Crippen molar-refractivity contribution in [2.24, 2.45) is 7.05 Å². The second kappa shape index (κ2) is 8.64. The number of hydrogen-bond donors (Lipinski definition) is 1. The molecule has 0 saturated heterocycles. The fraction of sp³-hybridized carbons (Fsp3) is 0.435. The summed E-state index contributed by atoms with van der Waals surface area (Å²) >= 11 is 0. The summed E-state index contributed by atoms with van der Waals surface area (Å²) in [7, 11) is 1.91. The van der Waals surface area contributed by atoms with Gasteiger partial charge in [-0.3, -0.25) is 9.48 Å². The first-order valence-electron chi connectivity index (χ1n) is 10.0. The van der Waals surface area contributed by atoms with E-state index in [1.165, 1.54) is 5.56 Å². The lowest BCUT2D eigenvalue weighted by Gasteiger charge is -2.13. The van der Waals surface area contributed by atoms with E-state index in [-0.39, 0.29) is 5.91 Å². The van der Waals surface area contributed by atoms with Crippen molar-refractivity contribution in [2.75, 3.05) is 13.2 Å². The maximum absolute atomic E-state index is 12.3. The van der Waals surface area contributed by atoms with Crippen molar-refractivity contribution in [3.05, 3.63) is 51.8 Å². The molecular formula is C23H30N4O2. The lowest BCUT2D eigenvalue weighted by Crippen LogP contribution is -2.28. The number of pyridine rings is 1. The summed E-state index contributed by atoms with van der Waals surface area (Å²) in [6, 6.07) is 6.07. The Hall–Kier alpha value is -2.89. The lowest BCUT2D eigenvalue weighted by molar-refractivity contribution is -0.121. The zero-order chi connectivity index (χ0) is 21.1. The number of hydrogen-bond acceptors (Lipinski definition) is 4. The van der Waals surface area contributed by atoms with Gasteiger partial charge in [0, 0.05) is 24.5 Å². The highest BCUT2D eigenvalue weighted by Crippen LogP contribution is 2.26. The molecule has 3 aromatic rings. The van der Waals surface area contributed by atoms with Crippen LogP contribution in [0.5, 0.6) is 5.75 Å². The van der Waals surface area contributed by atoms with Crippen LogP contribution in [0.2, 0.25) is 0 Å². The third kappa shape index (κ3) is 4.42. The Kier molecular flexibility index (Phi) is 6.20. The highest BCUT2D eigenvalue weighted by Gasteiger charge is 2.16. The Balaban J connectivity index is 1.55. The average molecular weight is 395 g/mol. The first-order valence-corrected chi connectivity index (χ1v) is 10.0. The first kappa shape index (κ1) is 20.8. The molecule has 0 unspecified atom stereocenters. The van der Waals surface area contributed by atoms with Crippen molar-refractivity contribution in [1.82, 2.24) is 20.1 Å². The molecule has 0 aliphatic heterocycles. The summed E-state index contributed by atoms with van der Waals surface area (Å²) in [5, 5.41) is 8.52. The molecule has 154 valence electrons. The van der Waals surface area contributed by atoms with E-state index in [9.17, 15) is 4.79 Å². The molecule has 0 fully saturated rings. The number of aromatic nitrogens is 3. The third-order valence-electron chi connectivity index (χ3n) is 5.41. The molecule has 0 atom stereocenters. The van der Waals surface area contributed by atoms with Gasteiger partial charge in [-0.05, 0) is 63.3 Å². The number of nitrogens with one attached hydrogen (secondary N) is 1. The summed E-state index contributed by atoms with van der Waals surface area (Å²) in [5.41, 5.74) is 7.35.